The molecule has 0 radical (unpaired) electrons. The maximum absolute atomic E-state index is 12.3. The van der Waals surface area contributed by atoms with Crippen molar-refractivity contribution in [3.8, 4) is 0 Å². The van der Waals surface area contributed by atoms with Crippen LogP contribution in [0.5, 0.6) is 0 Å². The van der Waals surface area contributed by atoms with Gasteiger partial charge >= 0.3 is 5.97 Å². The summed E-state index contributed by atoms with van der Waals surface area (Å²) in [5.41, 5.74) is 0.631. The van der Waals surface area contributed by atoms with Gasteiger partial charge in [0.2, 0.25) is 0 Å². The Morgan fingerprint density at radius 2 is 1.78 bits per heavy atom. The number of aliphatic carboxylic acids is 1. The first-order valence-corrected chi connectivity index (χ1v) is 7.27. The van der Waals surface area contributed by atoms with Crippen molar-refractivity contribution < 1.29 is 14.7 Å². The van der Waals surface area contributed by atoms with E-state index >= 15 is 0 Å². The predicted octanol–water partition coefficient (Wildman–Crippen LogP) is 3.09. The van der Waals surface area contributed by atoms with Crippen LogP contribution in [0.1, 0.15) is 29.6 Å². The quantitative estimate of drug-likeness (QED) is 0.670. The Morgan fingerprint density at radius 3 is 2.33 bits per heavy atom. The van der Waals surface area contributed by atoms with Gasteiger partial charge in [-0.25, -0.2) is 0 Å². The summed E-state index contributed by atoms with van der Waals surface area (Å²) in [5, 5.41) is 9.11. The molecule has 0 saturated heterocycles. The molecule has 3 nitrogen and oxygen atoms in total. The number of rotatable bonds is 4. The molecule has 2 rings (SSSR count). The summed E-state index contributed by atoms with van der Waals surface area (Å²) >= 11 is 1.62. The zero-order chi connectivity index (χ0) is 13.1. The minimum atomic E-state index is -0.841. The van der Waals surface area contributed by atoms with Crippen LogP contribution < -0.4 is 0 Å². The molecule has 1 aliphatic carbocycles. The number of carbonyl (C=O) groups excluding carboxylic acids is 1. The summed E-state index contributed by atoms with van der Waals surface area (Å²) in [5.74, 6) is -1.71. The zero-order valence-corrected chi connectivity index (χ0v) is 11.1. The van der Waals surface area contributed by atoms with E-state index in [1.807, 2.05) is 18.4 Å². The van der Waals surface area contributed by atoms with E-state index < -0.39 is 11.9 Å². The Morgan fingerprint density at radius 1 is 1.17 bits per heavy atom. The molecule has 1 aliphatic rings. The highest BCUT2D eigenvalue weighted by Gasteiger charge is 2.37. The number of thioether (sulfide) groups is 1. The van der Waals surface area contributed by atoms with Gasteiger partial charge in [-0.3, -0.25) is 9.59 Å². The maximum atomic E-state index is 12.3. The number of benzene rings is 1. The van der Waals surface area contributed by atoms with Crippen LogP contribution in [0.15, 0.2) is 29.2 Å². The van der Waals surface area contributed by atoms with E-state index in [1.165, 1.54) is 0 Å². The second-order valence-electron chi connectivity index (χ2n) is 4.57. The molecule has 0 spiro atoms. The van der Waals surface area contributed by atoms with Crippen molar-refractivity contribution in [1.29, 1.82) is 0 Å². The summed E-state index contributed by atoms with van der Waals surface area (Å²) in [4.78, 5) is 24.5. The Bertz CT molecular complexity index is 453. The highest BCUT2D eigenvalue weighted by atomic mass is 32.2. The number of Topliss-reactive ketones (excluding diaryl/α,β-unsaturated/α-hetero) is 1. The van der Waals surface area contributed by atoms with Gasteiger partial charge in [0.25, 0.3) is 0 Å². The molecule has 18 heavy (non-hydrogen) atoms. The smallest absolute Gasteiger partial charge is 0.307 e. The number of carboxylic acids is 1. The maximum Gasteiger partial charge on any atom is 0.307 e. The Hall–Kier alpha value is -1.29. The number of hydrogen-bond donors (Lipinski definition) is 1. The van der Waals surface area contributed by atoms with Crippen molar-refractivity contribution in [2.24, 2.45) is 11.8 Å². The van der Waals surface area contributed by atoms with Gasteiger partial charge in [0.1, 0.15) is 0 Å². The third-order valence-corrected chi connectivity index (χ3v) is 4.29. The molecule has 0 aliphatic heterocycles. The fourth-order valence-corrected chi connectivity index (χ4v) is 2.95. The number of hydrogen-bond acceptors (Lipinski definition) is 3. The number of ketones is 1. The Kier molecular flexibility index (Phi) is 4.07. The molecule has 1 aromatic rings. The molecular formula is C14H16O3S. The lowest BCUT2D eigenvalue weighted by atomic mass is 9.88. The summed E-state index contributed by atoms with van der Waals surface area (Å²) in [6.45, 7) is 0. The fraction of sp³-hybridized carbons (Fsp3) is 0.429. The molecule has 1 saturated carbocycles. The predicted molar refractivity (Wildman–Crippen MR) is 71.0 cm³/mol. The van der Waals surface area contributed by atoms with Gasteiger partial charge in [-0.05, 0) is 31.2 Å². The minimum absolute atomic E-state index is 0.0208. The van der Waals surface area contributed by atoms with Gasteiger partial charge in [-0.2, -0.15) is 0 Å². The number of carbonyl (C=O) groups is 2. The molecule has 2 atom stereocenters. The van der Waals surface area contributed by atoms with Gasteiger partial charge in [0.05, 0.1) is 5.92 Å². The zero-order valence-electron chi connectivity index (χ0n) is 10.3. The molecule has 1 aromatic carbocycles. The van der Waals surface area contributed by atoms with Gasteiger partial charge in [0.15, 0.2) is 5.78 Å². The minimum Gasteiger partial charge on any atom is -0.481 e. The molecule has 0 amide bonds. The normalized spacial score (nSPS) is 22.9. The molecule has 1 fully saturated rings. The van der Waals surface area contributed by atoms with Crippen LogP contribution in [0.4, 0.5) is 0 Å². The largest absolute Gasteiger partial charge is 0.481 e. The molecule has 0 heterocycles. The number of carboxylic acid groups (broad SMARTS) is 1. The third kappa shape index (κ3) is 2.58. The van der Waals surface area contributed by atoms with Crippen LogP contribution in [-0.2, 0) is 4.79 Å². The molecule has 0 aromatic heterocycles. The molecule has 1 N–H and O–H groups in total. The van der Waals surface area contributed by atoms with E-state index in [1.54, 1.807) is 23.9 Å². The SMILES string of the molecule is CSc1ccc(C(=O)[C@H]2CCC[C@H]2C(=O)O)cc1. The lowest BCUT2D eigenvalue weighted by Crippen LogP contribution is -2.25. The van der Waals surface area contributed by atoms with Crippen molar-refractivity contribution in [3.05, 3.63) is 29.8 Å². The summed E-state index contributed by atoms with van der Waals surface area (Å²) < 4.78 is 0. The summed E-state index contributed by atoms with van der Waals surface area (Å²) in [7, 11) is 0. The van der Waals surface area contributed by atoms with Crippen molar-refractivity contribution in [2.45, 2.75) is 24.2 Å². The van der Waals surface area contributed by atoms with E-state index in [0.717, 1.165) is 11.3 Å². The molecular weight excluding hydrogens is 248 g/mol. The standard InChI is InChI=1S/C14H16O3S/c1-18-10-7-5-9(6-8-10)13(15)11-3-2-4-12(11)14(16)17/h5-8,11-12H,2-4H2,1H3,(H,16,17)/t11-,12+/m0/s1. The van der Waals surface area contributed by atoms with Crippen LogP contribution in [0.2, 0.25) is 0 Å². The lowest BCUT2D eigenvalue weighted by Gasteiger charge is -2.14. The fourth-order valence-electron chi connectivity index (χ4n) is 2.54. The van der Waals surface area contributed by atoms with Crippen LogP contribution >= 0.6 is 11.8 Å². The lowest BCUT2D eigenvalue weighted by molar-refractivity contribution is -0.142. The monoisotopic (exact) mass is 264 g/mol. The van der Waals surface area contributed by atoms with Gasteiger partial charge in [-0.1, -0.05) is 18.6 Å². The average Bonchev–Trinajstić information content (AvgIpc) is 2.87. The van der Waals surface area contributed by atoms with E-state index in [4.69, 9.17) is 5.11 Å². The summed E-state index contributed by atoms with van der Waals surface area (Å²) in [6.07, 6.45) is 4.12. The first kappa shape index (κ1) is 13.1. The van der Waals surface area contributed by atoms with Crippen molar-refractivity contribution in [1.82, 2.24) is 0 Å². The van der Waals surface area contributed by atoms with E-state index in [-0.39, 0.29) is 11.7 Å². The molecule has 0 unspecified atom stereocenters. The van der Waals surface area contributed by atoms with Crippen LogP contribution in [0.3, 0.4) is 0 Å². The summed E-state index contributed by atoms with van der Waals surface area (Å²) in [6, 6.07) is 7.40. The molecule has 4 heteroatoms. The van der Waals surface area contributed by atoms with Crippen LogP contribution in [0, 0.1) is 11.8 Å². The second kappa shape index (κ2) is 5.57. The van der Waals surface area contributed by atoms with Crippen LogP contribution in [0.25, 0.3) is 0 Å². The Labute approximate surface area is 111 Å². The van der Waals surface area contributed by atoms with Crippen molar-refractivity contribution in [3.63, 3.8) is 0 Å². The highest BCUT2D eigenvalue weighted by molar-refractivity contribution is 7.98. The van der Waals surface area contributed by atoms with Gasteiger partial charge < -0.3 is 5.11 Å². The van der Waals surface area contributed by atoms with Gasteiger partial charge in [-0.15, -0.1) is 11.8 Å². The third-order valence-electron chi connectivity index (χ3n) is 3.54. The first-order valence-electron chi connectivity index (χ1n) is 6.04. The second-order valence-corrected chi connectivity index (χ2v) is 5.45. The Balaban J connectivity index is 2.17. The molecule has 96 valence electrons. The topological polar surface area (TPSA) is 54.4 Å². The van der Waals surface area contributed by atoms with E-state index in [0.29, 0.717) is 18.4 Å². The van der Waals surface area contributed by atoms with E-state index in [2.05, 4.69) is 0 Å². The highest BCUT2D eigenvalue weighted by Crippen LogP contribution is 2.34. The average molecular weight is 264 g/mol. The van der Waals surface area contributed by atoms with Crippen molar-refractivity contribution in [2.75, 3.05) is 6.26 Å². The van der Waals surface area contributed by atoms with Crippen molar-refractivity contribution >= 4 is 23.5 Å². The first-order chi connectivity index (χ1) is 8.63. The van der Waals surface area contributed by atoms with E-state index in [9.17, 15) is 9.59 Å². The van der Waals surface area contributed by atoms with Crippen LogP contribution in [-0.4, -0.2) is 23.1 Å². The molecule has 0 bridgehead atoms. The van der Waals surface area contributed by atoms with Gasteiger partial charge in [0, 0.05) is 16.4 Å².